The van der Waals surface area contributed by atoms with Gasteiger partial charge in [0.25, 0.3) is 11.7 Å². The van der Waals surface area contributed by atoms with Gasteiger partial charge in [-0.05, 0) is 107 Å². The van der Waals surface area contributed by atoms with Gasteiger partial charge in [-0.1, -0.05) is 71.1 Å². The van der Waals surface area contributed by atoms with Crippen LogP contribution in [0.3, 0.4) is 0 Å². The van der Waals surface area contributed by atoms with E-state index < -0.39 is 77.8 Å². The van der Waals surface area contributed by atoms with Crippen molar-refractivity contribution in [3.8, 4) is 0 Å². The molecular formula is C53H83NO14. The minimum Gasteiger partial charge on any atom is -0.460 e. The summed E-state index contributed by atoms with van der Waals surface area (Å²) in [6.07, 6.45) is 12.0. The first-order chi connectivity index (χ1) is 32.3. The number of cyclic esters (lactones) is 1. The van der Waals surface area contributed by atoms with Gasteiger partial charge in [-0.3, -0.25) is 19.2 Å². The minimum atomic E-state index is -2.43. The fourth-order valence-corrected chi connectivity index (χ4v) is 10.5. The van der Waals surface area contributed by atoms with Crippen molar-refractivity contribution in [3.63, 3.8) is 0 Å². The first-order valence-electron chi connectivity index (χ1n) is 25.0. The number of carbonyl (C=O) groups is 5. The van der Waals surface area contributed by atoms with Crippen molar-refractivity contribution in [3.05, 3.63) is 47.6 Å². The Morgan fingerprint density at radius 2 is 1.59 bits per heavy atom. The average molecular weight is 958 g/mol. The summed E-state index contributed by atoms with van der Waals surface area (Å²) >= 11 is 0. The highest BCUT2D eigenvalue weighted by Crippen LogP contribution is 2.38. The summed E-state index contributed by atoms with van der Waals surface area (Å²) in [6, 6.07) is -1.14. The number of ether oxygens (including phenoxy) is 6. The van der Waals surface area contributed by atoms with Crippen molar-refractivity contribution in [2.45, 2.75) is 180 Å². The van der Waals surface area contributed by atoms with E-state index in [2.05, 4.69) is 0 Å². The van der Waals surface area contributed by atoms with Crippen LogP contribution in [-0.4, -0.2) is 145 Å². The molecule has 0 aromatic heterocycles. The second-order valence-corrected chi connectivity index (χ2v) is 20.2. The highest BCUT2D eigenvalue weighted by atomic mass is 16.6. The second-order valence-electron chi connectivity index (χ2n) is 20.2. The van der Waals surface area contributed by atoms with Crippen LogP contribution >= 0.6 is 0 Å². The van der Waals surface area contributed by atoms with E-state index in [1.165, 1.54) is 12.0 Å². The lowest BCUT2D eigenvalue weighted by molar-refractivity contribution is -0.265. The summed E-state index contributed by atoms with van der Waals surface area (Å²) in [6.45, 7) is 12.9. The normalized spacial score (nSPS) is 37.9. The Balaban J connectivity index is 1.70. The maximum Gasteiger partial charge on any atom is 0.329 e. The lowest BCUT2D eigenvalue weighted by Crippen LogP contribution is -2.61. The molecule has 0 spiro atoms. The first-order valence-corrected chi connectivity index (χ1v) is 25.0. The molecule has 4 aliphatic rings. The van der Waals surface area contributed by atoms with E-state index >= 15 is 0 Å². The smallest absolute Gasteiger partial charge is 0.329 e. The monoisotopic (exact) mass is 958 g/mol. The lowest BCUT2D eigenvalue weighted by atomic mass is 9.78. The van der Waals surface area contributed by atoms with E-state index in [-0.39, 0.29) is 74.1 Å². The van der Waals surface area contributed by atoms with E-state index in [1.54, 1.807) is 41.1 Å². The van der Waals surface area contributed by atoms with E-state index in [4.69, 9.17) is 28.4 Å². The topological polar surface area (TPSA) is 205 Å². The number of Topliss-reactive ketones (excluding diaryl/α,β-unsaturated/α-hetero) is 3. The molecule has 3 heterocycles. The second kappa shape index (κ2) is 27.3. The van der Waals surface area contributed by atoms with Crippen LogP contribution in [0.5, 0.6) is 0 Å². The fraction of sp³-hybridized carbons (Fsp3) is 0.755. The SMILES string of the molecule is CO[C@H]1C[C@@H]2CC[C@@H](C)[C@@](O)(O2)C(=O)C(=O)N2CCCC[C@H]2C(=O)O[C@H]([C@H](C)C[C@H]2CC[C@H](OCCO)[C@@H](OC)C2)CC(=O)[C@H](C)/C=C(/C)[C@@H](O)[C@@H](OC)C(=O)[C@H](C)C[C@H](C)/C=C/C=CC=C1C. The third-order valence-electron chi connectivity index (χ3n) is 14.9. The van der Waals surface area contributed by atoms with E-state index in [0.717, 1.165) is 12.0 Å². The van der Waals surface area contributed by atoms with Gasteiger partial charge in [0.1, 0.15) is 30.1 Å². The van der Waals surface area contributed by atoms with Crippen molar-refractivity contribution >= 4 is 29.2 Å². The number of rotatable bonds is 9. The number of hydrogen-bond acceptors (Lipinski definition) is 14. The maximum absolute atomic E-state index is 14.5. The quantitative estimate of drug-likeness (QED) is 0.134. The van der Waals surface area contributed by atoms with E-state index in [0.29, 0.717) is 63.4 Å². The van der Waals surface area contributed by atoms with E-state index in [1.807, 2.05) is 58.1 Å². The molecule has 4 rings (SSSR count). The van der Waals surface area contributed by atoms with Crippen LogP contribution in [0.4, 0.5) is 0 Å². The Morgan fingerprint density at radius 3 is 2.26 bits per heavy atom. The number of aliphatic hydroxyl groups is 3. The summed E-state index contributed by atoms with van der Waals surface area (Å²) in [5, 5.41) is 32.8. The standard InChI is InChI=1S/C53H83NO14/c1-32-16-12-11-13-17-33(2)44(63-8)30-40-21-19-38(7)53(62,68-40)50(59)51(60)54-23-15-14-18-41(54)52(61)67-45(35(4)28-39-20-22-43(66-25-24-55)46(29-39)64-9)31-42(56)34(3)27-37(6)48(58)49(65-10)47(57)36(5)26-32/h11-13,16-17,27,32,34-36,38-41,43-46,48-49,55,58,62H,14-15,18-26,28-31H2,1-10H3/b13-11?,16-12+,33-17?,37-27-/t32-,34-,35-,36-,38-,39-,40+,41+,43+,44+,45+,46+,48-,49+,53-/m1/s1. The summed E-state index contributed by atoms with van der Waals surface area (Å²) in [5.41, 5.74) is 1.26. The Labute approximate surface area is 405 Å². The van der Waals surface area contributed by atoms with Crippen LogP contribution in [0.15, 0.2) is 47.6 Å². The molecule has 2 bridgehead atoms. The van der Waals surface area contributed by atoms with Crippen molar-refractivity contribution in [2.75, 3.05) is 41.1 Å². The number of carbonyl (C=O) groups excluding carboxylic acids is 5. The molecule has 0 aromatic rings. The number of piperidine rings is 1. The summed E-state index contributed by atoms with van der Waals surface area (Å²) in [5.74, 6) is -7.96. The first kappa shape index (κ1) is 57.2. The van der Waals surface area contributed by atoms with Gasteiger partial charge in [0.15, 0.2) is 5.78 Å². The number of hydrogen-bond donors (Lipinski definition) is 3. The van der Waals surface area contributed by atoms with Gasteiger partial charge in [0, 0.05) is 58.5 Å². The van der Waals surface area contributed by atoms with Gasteiger partial charge in [-0.2, -0.15) is 0 Å². The number of nitrogens with zero attached hydrogens (tertiary/aromatic N) is 1. The molecule has 15 atom stereocenters. The molecule has 15 nitrogen and oxygen atoms in total. The van der Waals surface area contributed by atoms with Crippen LogP contribution in [0.1, 0.15) is 126 Å². The van der Waals surface area contributed by atoms with Crippen LogP contribution in [0, 0.1) is 35.5 Å². The molecule has 3 aliphatic heterocycles. The molecule has 384 valence electrons. The third-order valence-corrected chi connectivity index (χ3v) is 14.9. The van der Waals surface area contributed by atoms with Gasteiger partial charge in [-0.25, -0.2) is 4.79 Å². The van der Waals surface area contributed by atoms with Gasteiger partial charge in [-0.15, -0.1) is 0 Å². The number of esters is 1. The highest BCUT2D eigenvalue weighted by molar-refractivity contribution is 6.39. The summed E-state index contributed by atoms with van der Waals surface area (Å²) in [7, 11) is 4.58. The Hall–Kier alpha value is -3.41. The molecule has 1 saturated carbocycles. The zero-order valence-electron chi connectivity index (χ0n) is 42.4. The zero-order chi connectivity index (χ0) is 50.3. The predicted molar refractivity (Wildman–Crippen MR) is 256 cm³/mol. The maximum atomic E-state index is 14.5. The van der Waals surface area contributed by atoms with Crippen LogP contribution < -0.4 is 0 Å². The number of ketones is 3. The molecule has 0 unspecified atom stereocenters. The average Bonchev–Trinajstić information content (AvgIpc) is 3.32. The van der Waals surface area contributed by atoms with Crippen molar-refractivity contribution in [1.29, 1.82) is 0 Å². The lowest BCUT2D eigenvalue weighted by Gasteiger charge is -2.42. The van der Waals surface area contributed by atoms with Crippen LogP contribution in [0.2, 0.25) is 0 Å². The van der Waals surface area contributed by atoms with Crippen molar-refractivity contribution in [2.24, 2.45) is 35.5 Å². The molecule has 3 fully saturated rings. The van der Waals surface area contributed by atoms with Crippen molar-refractivity contribution in [1.82, 2.24) is 4.90 Å². The number of allylic oxidation sites excluding steroid dienone is 6. The largest absolute Gasteiger partial charge is 0.460 e. The van der Waals surface area contributed by atoms with Crippen LogP contribution in [-0.2, 0) is 52.4 Å². The summed E-state index contributed by atoms with van der Waals surface area (Å²) in [4.78, 5) is 72.1. The number of fused-ring (bicyclic) bond motifs is 3. The molecule has 1 amide bonds. The minimum absolute atomic E-state index is 0.0158. The molecule has 3 N–H and O–H groups in total. The number of aliphatic hydroxyl groups excluding tert-OH is 2. The fourth-order valence-electron chi connectivity index (χ4n) is 10.5. The van der Waals surface area contributed by atoms with Gasteiger partial charge >= 0.3 is 5.97 Å². The molecule has 2 saturated heterocycles. The summed E-state index contributed by atoms with van der Waals surface area (Å²) < 4.78 is 35.6. The Bertz CT molecular complexity index is 1810. The Morgan fingerprint density at radius 1 is 0.853 bits per heavy atom. The highest BCUT2D eigenvalue weighted by Gasteiger charge is 2.53. The number of amides is 1. The Kier molecular flexibility index (Phi) is 22.9. The molecule has 1 aliphatic carbocycles. The van der Waals surface area contributed by atoms with Gasteiger partial charge in [0.05, 0.1) is 37.6 Å². The molecule has 68 heavy (non-hydrogen) atoms. The molecule has 0 aromatic carbocycles. The third kappa shape index (κ3) is 15.3. The molecule has 15 heteroatoms. The molecule has 0 radical (unpaired) electrons. The van der Waals surface area contributed by atoms with Crippen LogP contribution in [0.25, 0.3) is 0 Å². The van der Waals surface area contributed by atoms with Gasteiger partial charge < -0.3 is 48.6 Å². The molecular weight excluding hydrogens is 875 g/mol. The van der Waals surface area contributed by atoms with Gasteiger partial charge in [0.2, 0.25) is 5.79 Å². The zero-order valence-corrected chi connectivity index (χ0v) is 42.4. The predicted octanol–water partition coefficient (Wildman–Crippen LogP) is 6.20. The van der Waals surface area contributed by atoms with E-state index in [9.17, 15) is 39.3 Å². The van der Waals surface area contributed by atoms with Crippen molar-refractivity contribution < 1.29 is 67.7 Å². The number of methoxy groups -OCH3 is 3.